The topological polar surface area (TPSA) is 161 Å². The molecule has 228 valence electrons. The van der Waals surface area contributed by atoms with Crippen LogP contribution in [0.2, 0.25) is 0 Å². The number of likely N-dealkylation sites (N-methyl/N-ethyl adjacent to an activating group) is 1. The van der Waals surface area contributed by atoms with Crippen molar-refractivity contribution in [1.29, 1.82) is 0 Å². The van der Waals surface area contributed by atoms with Crippen molar-refractivity contribution in [3.05, 3.63) is 70.0 Å². The van der Waals surface area contributed by atoms with Crippen molar-refractivity contribution in [1.82, 2.24) is 4.90 Å². The number of Topliss-reactive ketones (excluding diaryl/α,β-unsaturated/α-hetero) is 2. The molecular weight excluding hydrogens is 548 g/mol. The third-order valence-corrected chi connectivity index (χ3v) is 9.26. The maximum Gasteiger partial charge on any atom is 0.255 e. The Kier molecular flexibility index (Phi) is 7.55. The lowest BCUT2D eigenvalue weighted by Gasteiger charge is -2.50. The van der Waals surface area contributed by atoms with Crippen molar-refractivity contribution in [3.8, 4) is 16.9 Å². The van der Waals surface area contributed by atoms with Crippen molar-refractivity contribution in [2.45, 2.75) is 64.5 Å². The fourth-order valence-corrected chi connectivity index (χ4v) is 7.19. The predicted octanol–water partition coefficient (Wildman–Crippen LogP) is 4.00. The van der Waals surface area contributed by atoms with Crippen LogP contribution in [0.25, 0.3) is 16.9 Å². The van der Waals surface area contributed by atoms with Crippen molar-refractivity contribution in [2.75, 3.05) is 14.1 Å². The van der Waals surface area contributed by atoms with Crippen LogP contribution in [0.4, 0.5) is 0 Å². The molecule has 1 fully saturated rings. The highest BCUT2D eigenvalue weighted by molar-refractivity contribution is 6.24. The number of nitrogens with two attached hydrogens (primary N) is 1. The van der Waals surface area contributed by atoms with Gasteiger partial charge in [0.25, 0.3) is 5.91 Å². The molecule has 1 amide bonds. The number of ketones is 2. The van der Waals surface area contributed by atoms with Gasteiger partial charge in [0.2, 0.25) is 5.78 Å². The van der Waals surface area contributed by atoms with Crippen LogP contribution in [0.15, 0.2) is 53.3 Å². The molecule has 43 heavy (non-hydrogen) atoms. The van der Waals surface area contributed by atoms with E-state index in [0.717, 1.165) is 30.4 Å². The number of carbonyl (C=O) groups excluding carboxylic acids is 3. The third kappa shape index (κ3) is 4.94. The molecule has 1 saturated carbocycles. The lowest BCUT2D eigenvalue weighted by molar-refractivity contribution is -0.153. The first-order valence-corrected chi connectivity index (χ1v) is 14.7. The number of rotatable bonds is 6. The van der Waals surface area contributed by atoms with E-state index in [1.807, 2.05) is 12.1 Å². The van der Waals surface area contributed by atoms with E-state index in [9.17, 15) is 34.8 Å². The standard InChI is InChI=1S/C34H40N2O7/c1-33(2,3)14-6-7-17-8-10-18(11-9-17)20-12-13-23(37)25-21(20)15-19-16-22-27(36(4)5)29(39)26(32(35)42)31(41)34(22,43)30(40)24(19)28(25)38/h8-13,19,22,27,37-38,41,43H,6-7,14-16H2,1-5H3,(H2,35,42)/t19-,22-,27-,34-/m1/s1. The predicted molar refractivity (Wildman–Crippen MR) is 162 cm³/mol. The quantitative estimate of drug-likeness (QED) is 0.317. The van der Waals surface area contributed by atoms with E-state index in [0.29, 0.717) is 5.56 Å². The Morgan fingerprint density at radius 2 is 1.70 bits per heavy atom. The summed E-state index contributed by atoms with van der Waals surface area (Å²) in [6.45, 7) is 6.68. The fourth-order valence-electron chi connectivity index (χ4n) is 7.19. The number of aliphatic hydroxyl groups is 3. The average Bonchev–Trinajstić information content (AvgIpc) is 2.90. The number of primary amides is 1. The van der Waals surface area contributed by atoms with Crippen molar-refractivity contribution < 1.29 is 34.8 Å². The van der Waals surface area contributed by atoms with E-state index in [1.165, 1.54) is 16.5 Å². The van der Waals surface area contributed by atoms with Crippen LogP contribution in [0.1, 0.15) is 56.7 Å². The Morgan fingerprint density at radius 3 is 2.28 bits per heavy atom. The normalized spacial score (nSPS) is 25.5. The first-order chi connectivity index (χ1) is 20.1. The Balaban J connectivity index is 1.58. The minimum atomic E-state index is -2.65. The van der Waals surface area contributed by atoms with Gasteiger partial charge in [0.05, 0.1) is 11.6 Å². The SMILES string of the molecule is CN(C)[C@H]1C(=O)C(C(N)=O)=C(O)[C@]2(O)C(=O)C3=C(O)c4c(O)ccc(-c5ccc(CCCC(C)(C)C)cc5)c4C[C@@H]3C[C@H]12. The van der Waals surface area contributed by atoms with Gasteiger partial charge in [-0.1, -0.05) is 51.1 Å². The number of aryl methyl sites for hydroxylation is 1. The van der Waals surface area contributed by atoms with Gasteiger partial charge in [-0.3, -0.25) is 19.3 Å². The van der Waals surface area contributed by atoms with Gasteiger partial charge in [-0.2, -0.15) is 0 Å². The third-order valence-electron chi connectivity index (χ3n) is 9.26. The molecule has 0 spiro atoms. The van der Waals surface area contributed by atoms with Gasteiger partial charge in [-0.15, -0.1) is 0 Å². The van der Waals surface area contributed by atoms with Crippen LogP contribution in [0.5, 0.6) is 5.75 Å². The summed E-state index contributed by atoms with van der Waals surface area (Å²) in [5, 5.41) is 45.1. The molecule has 0 radical (unpaired) electrons. The summed E-state index contributed by atoms with van der Waals surface area (Å²) in [6.07, 6.45) is 3.43. The molecule has 0 unspecified atom stereocenters. The maximum absolute atomic E-state index is 14.0. The molecule has 0 heterocycles. The molecule has 0 saturated heterocycles. The number of fused-ring (bicyclic) bond motifs is 3. The molecule has 0 aromatic heterocycles. The lowest BCUT2D eigenvalue weighted by atomic mass is 9.57. The second-order valence-corrected chi connectivity index (χ2v) is 13.6. The summed E-state index contributed by atoms with van der Waals surface area (Å²) in [5.41, 5.74) is 5.64. The molecule has 3 aliphatic rings. The van der Waals surface area contributed by atoms with Crippen LogP contribution in [-0.4, -0.2) is 68.5 Å². The van der Waals surface area contributed by atoms with Gasteiger partial charge in [-0.05, 0) is 85.9 Å². The number of benzene rings is 2. The van der Waals surface area contributed by atoms with Crippen molar-refractivity contribution >= 4 is 23.2 Å². The van der Waals surface area contributed by atoms with Gasteiger partial charge < -0.3 is 26.2 Å². The molecule has 0 bridgehead atoms. The lowest BCUT2D eigenvalue weighted by Crippen LogP contribution is -2.65. The highest BCUT2D eigenvalue weighted by Gasteiger charge is 2.64. The summed E-state index contributed by atoms with van der Waals surface area (Å²) in [4.78, 5) is 41.0. The minimum absolute atomic E-state index is 0.0492. The van der Waals surface area contributed by atoms with Gasteiger partial charge >= 0.3 is 0 Å². The Morgan fingerprint density at radius 1 is 1.05 bits per heavy atom. The van der Waals surface area contributed by atoms with Crippen LogP contribution in [-0.2, 0) is 27.2 Å². The minimum Gasteiger partial charge on any atom is -0.508 e. The largest absolute Gasteiger partial charge is 0.508 e. The van der Waals surface area contributed by atoms with E-state index in [-0.39, 0.29) is 35.1 Å². The second-order valence-electron chi connectivity index (χ2n) is 13.6. The molecule has 9 nitrogen and oxygen atoms in total. The molecule has 2 aromatic rings. The smallest absolute Gasteiger partial charge is 0.255 e. The maximum atomic E-state index is 14.0. The highest BCUT2D eigenvalue weighted by Crippen LogP contribution is 2.53. The number of phenols is 1. The van der Waals surface area contributed by atoms with Crippen molar-refractivity contribution in [2.24, 2.45) is 23.0 Å². The molecule has 9 heteroatoms. The average molecular weight is 589 g/mol. The summed E-state index contributed by atoms with van der Waals surface area (Å²) >= 11 is 0. The Bertz CT molecular complexity index is 1580. The summed E-state index contributed by atoms with van der Waals surface area (Å²) in [6, 6.07) is 10.3. The zero-order chi connectivity index (χ0) is 31.6. The number of nitrogens with zero attached hydrogens (tertiary/aromatic N) is 1. The molecule has 6 N–H and O–H groups in total. The van der Waals surface area contributed by atoms with Crippen LogP contribution in [0, 0.1) is 17.3 Å². The van der Waals surface area contributed by atoms with Crippen LogP contribution in [0.3, 0.4) is 0 Å². The molecule has 0 aliphatic heterocycles. The number of hydrogen-bond acceptors (Lipinski definition) is 8. The molecular formula is C34H40N2O7. The van der Waals surface area contributed by atoms with E-state index in [1.54, 1.807) is 20.2 Å². The van der Waals surface area contributed by atoms with Gasteiger partial charge in [0.1, 0.15) is 22.8 Å². The number of aliphatic hydroxyl groups excluding tert-OH is 2. The van der Waals surface area contributed by atoms with Crippen molar-refractivity contribution in [3.63, 3.8) is 0 Å². The zero-order valence-electron chi connectivity index (χ0n) is 25.3. The molecule has 3 aliphatic carbocycles. The first-order valence-electron chi connectivity index (χ1n) is 14.7. The number of amides is 1. The van der Waals surface area contributed by atoms with Gasteiger partial charge in [0, 0.05) is 11.5 Å². The number of carbonyl (C=O) groups is 3. The summed E-state index contributed by atoms with van der Waals surface area (Å²) in [7, 11) is 3.16. The number of aromatic hydroxyl groups is 1. The molecule has 2 aromatic carbocycles. The fraction of sp³-hybridized carbons (Fsp3) is 0.441. The number of phenolic OH excluding ortho intramolecular Hbond substituents is 1. The van der Waals surface area contributed by atoms with Gasteiger partial charge in [-0.25, -0.2) is 0 Å². The summed E-state index contributed by atoms with van der Waals surface area (Å²) < 4.78 is 0. The highest BCUT2D eigenvalue weighted by atomic mass is 16.3. The van der Waals surface area contributed by atoms with Crippen LogP contribution >= 0.6 is 0 Å². The Labute approximate surface area is 251 Å². The van der Waals surface area contributed by atoms with Crippen LogP contribution < -0.4 is 5.73 Å². The molecule has 5 rings (SSSR count). The number of hydrogen-bond donors (Lipinski definition) is 5. The van der Waals surface area contributed by atoms with E-state index < -0.39 is 58.0 Å². The van der Waals surface area contributed by atoms with E-state index in [2.05, 4.69) is 32.9 Å². The first kappa shape index (κ1) is 30.5. The monoisotopic (exact) mass is 588 g/mol. The Hall–Kier alpha value is -3.95. The van der Waals surface area contributed by atoms with E-state index in [4.69, 9.17) is 5.73 Å². The van der Waals surface area contributed by atoms with E-state index >= 15 is 0 Å². The summed E-state index contributed by atoms with van der Waals surface area (Å²) in [5.74, 6) is -6.60. The molecule has 4 atom stereocenters. The second kappa shape index (κ2) is 10.6. The zero-order valence-corrected chi connectivity index (χ0v) is 25.3. The van der Waals surface area contributed by atoms with Gasteiger partial charge in [0.15, 0.2) is 11.4 Å².